The summed E-state index contributed by atoms with van der Waals surface area (Å²) in [7, 11) is 1.66. The Bertz CT molecular complexity index is 536. The van der Waals surface area contributed by atoms with Gasteiger partial charge in [0.25, 0.3) is 0 Å². The molecule has 1 aromatic carbocycles. The Morgan fingerprint density at radius 2 is 2.08 bits per heavy atom. The van der Waals surface area contributed by atoms with Crippen LogP contribution in [0.5, 0.6) is 0 Å². The zero-order chi connectivity index (χ0) is 17.4. The minimum absolute atomic E-state index is 0.0491. The van der Waals surface area contributed by atoms with Crippen molar-refractivity contribution in [2.75, 3.05) is 39.9 Å². The van der Waals surface area contributed by atoms with E-state index in [1.165, 1.54) is 0 Å². The van der Waals surface area contributed by atoms with Gasteiger partial charge < -0.3 is 15.4 Å². The number of amides is 2. The van der Waals surface area contributed by atoms with Gasteiger partial charge in [0, 0.05) is 33.3 Å². The summed E-state index contributed by atoms with van der Waals surface area (Å²) in [6.45, 7) is 3.42. The van der Waals surface area contributed by atoms with Crippen LogP contribution in [0.1, 0.15) is 18.4 Å². The molecule has 24 heavy (non-hydrogen) atoms. The summed E-state index contributed by atoms with van der Waals surface area (Å²) >= 11 is 0. The van der Waals surface area contributed by atoms with Crippen LogP contribution in [0, 0.1) is 5.92 Å². The third-order valence-electron chi connectivity index (χ3n) is 4.40. The molecule has 0 bridgehead atoms. The van der Waals surface area contributed by atoms with Gasteiger partial charge in [0.05, 0.1) is 19.1 Å². The van der Waals surface area contributed by atoms with Crippen molar-refractivity contribution in [3.05, 3.63) is 35.9 Å². The summed E-state index contributed by atoms with van der Waals surface area (Å²) in [6.07, 6.45) is 1.60. The van der Waals surface area contributed by atoms with Crippen LogP contribution in [-0.4, -0.2) is 61.5 Å². The molecule has 6 heteroatoms. The maximum absolute atomic E-state index is 12.6. The Morgan fingerprint density at radius 1 is 1.33 bits per heavy atom. The number of benzene rings is 1. The third-order valence-corrected chi connectivity index (χ3v) is 4.40. The van der Waals surface area contributed by atoms with E-state index in [0.717, 1.165) is 18.4 Å². The van der Waals surface area contributed by atoms with Crippen LogP contribution >= 0.6 is 0 Å². The lowest BCUT2D eigenvalue weighted by atomic mass is 9.97. The standard InChI is InChI=1S/C18H27N3O3/c1-24-11-10-20(12-15-6-3-2-4-7-15)14-17(22)21-9-5-8-16(13-21)18(19)23/h2-4,6-7,16H,5,8-14H2,1H3,(H2,19,23). The highest BCUT2D eigenvalue weighted by Crippen LogP contribution is 2.16. The Hall–Kier alpha value is -1.92. The number of nitrogens with zero attached hydrogens (tertiary/aromatic N) is 2. The number of hydrogen-bond acceptors (Lipinski definition) is 4. The quantitative estimate of drug-likeness (QED) is 0.765. The summed E-state index contributed by atoms with van der Waals surface area (Å²) in [6, 6.07) is 10.1. The predicted octanol–water partition coefficient (Wildman–Crippen LogP) is 0.859. The number of ether oxygens (including phenoxy) is 1. The molecule has 1 aromatic rings. The number of nitrogens with two attached hydrogens (primary N) is 1. The number of piperidine rings is 1. The van der Waals surface area contributed by atoms with Crippen LogP contribution in [0.3, 0.4) is 0 Å². The van der Waals surface area contributed by atoms with Crippen LogP contribution in [0.2, 0.25) is 0 Å². The molecule has 0 aliphatic carbocycles. The van der Waals surface area contributed by atoms with E-state index in [4.69, 9.17) is 10.5 Å². The van der Waals surface area contributed by atoms with E-state index in [1.807, 2.05) is 30.3 Å². The molecule has 2 amide bonds. The Balaban J connectivity index is 1.94. The first-order chi connectivity index (χ1) is 11.6. The van der Waals surface area contributed by atoms with E-state index in [2.05, 4.69) is 4.90 Å². The topological polar surface area (TPSA) is 75.9 Å². The van der Waals surface area contributed by atoms with E-state index in [0.29, 0.717) is 39.3 Å². The largest absolute Gasteiger partial charge is 0.383 e. The molecule has 6 nitrogen and oxygen atoms in total. The number of rotatable bonds is 8. The lowest BCUT2D eigenvalue weighted by Gasteiger charge is -2.33. The number of primary amides is 1. The minimum Gasteiger partial charge on any atom is -0.383 e. The van der Waals surface area contributed by atoms with Crippen LogP contribution < -0.4 is 5.73 Å². The Kier molecular flexibility index (Phi) is 7.21. The third kappa shape index (κ3) is 5.62. The molecule has 0 aromatic heterocycles. The molecule has 1 unspecified atom stereocenters. The van der Waals surface area contributed by atoms with Gasteiger partial charge in [0.15, 0.2) is 0 Å². The van der Waals surface area contributed by atoms with Gasteiger partial charge in [0.2, 0.25) is 11.8 Å². The molecule has 2 rings (SSSR count). The zero-order valence-corrected chi connectivity index (χ0v) is 14.3. The van der Waals surface area contributed by atoms with Gasteiger partial charge in [-0.15, -0.1) is 0 Å². The first-order valence-electron chi connectivity index (χ1n) is 8.42. The molecule has 132 valence electrons. The highest BCUT2D eigenvalue weighted by atomic mass is 16.5. The number of methoxy groups -OCH3 is 1. The Morgan fingerprint density at radius 3 is 2.75 bits per heavy atom. The summed E-state index contributed by atoms with van der Waals surface area (Å²) < 4.78 is 5.16. The molecule has 0 radical (unpaired) electrons. The first-order valence-corrected chi connectivity index (χ1v) is 8.42. The van der Waals surface area contributed by atoms with Crippen molar-refractivity contribution < 1.29 is 14.3 Å². The molecule has 0 saturated carbocycles. The van der Waals surface area contributed by atoms with E-state index >= 15 is 0 Å². The van der Waals surface area contributed by atoms with Crippen LogP contribution in [0.25, 0.3) is 0 Å². The van der Waals surface area contributed by atoms with Crippen molar-refractivity contribution in [3.63, 3.8) is 0 Å². The van der Waals surface area contributed by atoms with E-state index in [-0.39, 0.29) is 17.7 Å². The van der Waals surface area contributed by atoms with Crippen molar-refractivity contribution in [2.24, 2.45) is 11.7 Å². The first kappa shape index (κ1) is 18.4. The maximum atomic E-state index is 12.6. The molecule has 1 atom stereocenters. The second-order valence-electron chi connectivity index (χ2n) is 6.27. The molecule has 1 fully saturated rings. The van der Waals surface area contributed by atoms with Gasteiger partial charge in [-0.25, -0.2) is 0 Å². The molecule has 1 aliphatic rings. The second kappa shape index (κ2) is 9.39. The van der Waals surface area contributed by atoms with Gasteiger partial charge in [-0.05, 0) is 18.4 Å². The molecular weight excluding hydrogens is 306 g/mol. The van der Waals surface area contributed by atoms with Crippen LogP contribution in [0.15, 0.2) is 30.3 Å². The summed E-state index contributed by atoms with van der Waals surface area (Å²) in [5.41, 5.74) is 6.56. The number of carbonyl (C=O) groups is 2. The summed E-state index contributed by atoms with van der Waals surface area (Å²) in [4.78, 5) is 27.9. The smallest absolute Gasteiger partial charge is 0.236 e. The molecule has 0 spiro atoms. The van der Waals surface area contributed by atoms with Crippen LogP contribution in [-0.2, 0) is 20.9 Å². The summed E-state index contributed by atoms with van der Waals surface area (Å²) in [5.74, 6) is -0.481. The fourth-order valence-electron chi connectivity index (χ4n) is 3.00. The molecular formula is C18H27N3O3. The normalized spacial score (nSPS) is 17.9. The highest BCUT2D eigenvalue weighted by molar-refractivity contribution is 5.81. The van der Waals surface area contributed by atoms with Gasteiger partial charge in [-0.3, -0.25) is 14.5 Å². The van der Waals surface area contributed by atoms with Crippen molar-refractivity contribution in [2.45, 2.75) is 19.4 Å². The SMILES string of the molecule is COCCN(CC(=O)N1CCCC(C(N)=O)C1)Cc1ccccc1. The van der Waals surface area contributed by atoms with Crippen molar-refractivity contribution in [3.8, 4) is 0 Å². The molecule has 1 heterocycles. The lowest BCUT2D eigenvalue weighted by molar-refractivity contribution is -0.136. The fraction of sp³-hybridized carbons (Fsp3) is 0.556. The van der Waals surface area contributed by atoms with E-state index in [1.54, 1.807) is 12.0 Å². The number of hydrogen-bond donors (Lipinski definition) is 1. The average molecular weight is 333 g/mol. The number of likely N-dealkylation sites (tertiary alicyclic amines) is 1. The van der Waals surface area contributed by atoms with Crippen LogP contribution in [0.4, 0.5) is 0 Å². The fourth-order valence-corrected chi connectivity index (χ4v) is 3.00. The molecule has 1 saturated heterocycles. The van der Waals surface area contributed by atoms with Crippen molar-refractivity contribution in [1.29, 1.82) is 0 Å². The average Bonchev–Trinajstić information content (AvgIpc) is 2.60. The van der Waals surface area contributed by atoms with E-state index in [9.17, 15) is 9.59 Å². The van der Waals surface area contributed by atoms with Gasteiger partial charge in [-0.2, -0.15) is 0 Å². The summed E-state index contributed by atoms with van der Waals surface area (Å²) in [5, 5.41) is 0. The predicted molar refractivity (Wildman–Crippen MR) is 92.1 cm³/mol. The van der Waals surface area contributed by atoms with Gasteiger partial charge in [0.1, 0.15) is 0 Å². The van der Waals surface area contributed by atoms with Crippen molar-refractivity contribution in [1.82, 2.24) is 9.80 Å². The lowest BCUT2D eigenvalue weighted by Crippen LogP contribution is -2.47. The van der Waals surface area contributed by atoms with E-state index < -0.39 is 0 Å². The van der Waals surface area contributed by atoms with Crippen molar-refractivity contribution >= 4 is 11.8 Å². The minimum atomic E-state index is -0.312. The molecule has 1 aliphatic heterocycles. The van der Waals surface area contributed by atoms with Gasteiger partial charge in [-0.1, -0.05) is 30.3 Å². The highest BCUT2D eigenvalue weighted by Gasteiger charge is 2.27. The second-order valence-corrected chi connectivity index (χ2v) is 6.27. The zero-order valence-electron chi connectivity index (χ0n) is 14.3. The monoisotopic (exact) mass is 333 g/mol. The maximum Gasteiger partial charge on any atom is 0.236 e. The van der Waals surface area contributed by atoms with Gasteiger partial charge >= 0.3 is 0 Å². The molecule has 2 N–H and O–H groups in total. The number of carbonyl (C=O) groups excluding carboxylic acids is 2. The Labute approximate surface area is 143 Å².